The number of hydrogen-bond donors (Lipinski definition) is 0. The summed E-state index contributed by atoms with van der Waals surface area (Å²) in [6, 6.07) is 19.5. The standard InChI is InChI=1S/C29H26N4O5/c1-3-21(19-11-6-5-7-12-19)27(34)31-26-23(29(36)37-4-2)17-22-25(33(26)18-20-13-10-16-38-20)30-24-14-8-9-15-32(24)28(22)35/h5-17,21H,3-4,18H2,1-2H3/t21-/m1/s1. The molecule has 4 heterocycles. The number of esters is 1. The summed E-state index contributed by atoms with van der Waals surface area (Å²) in [5, 5.41) is 0.185. The lowest BCUT2D eigenvalue weighted by Gasteiger charge is -2.16. The van der Waals surface area contributed by atoms with Crippen LogP contribution >= 0.6 is 0 Å². The van der Waals surface area contributed by atoms with Gasteiger partial charge in [-0.3, -0.25) is 14.0 Å². The van der Waals surface area contributed by atoms with Gasteiger partial charge in [0, 0.05) is 6.20 Å². The number of nitrogens with zero attached hydrogens (tertiary/aromatic N) is 4. The molecule has 5 aromatic rings. The zero-order valence-corrected chi connectivity index (χ0v) is 21.0. The maximum Gasteiger partial charge on any atom is 0.341 e. The normalized spacial score (nSPS) is 12.6. The van der Waals surface area contributed by atoms with E-state index in [1.54, 1.807) is 48.0 Å². The van der Waals surface area contributed by atoms with Crippen LogP contribution in [-0.4, -0.2) is 32.4 Å². The topological polar surface area (TPSA) is 108 Å². The van der Waals surface area contributed by atoms with Crippen molar-refractivity contribution in [3.8, 4) is 0 Å². The number of benzene rings is 1. The molecule has 0 aliphatic heterocycles. The summed E-state index contributed by atoms with van der Waals surface area (Å²) >= 11 is 0. The van der Waals surface area contributed by atoms with Crippen LogP contribution in [-0.2, 0) is 16.1 Å². The lowest BCUT2D eigenvalue weighted by molar-refractivity contribution is -0.119. The minimum Gasteiger partial charge on any atom is -0.467 e. The van der Waals surface area contributed by atoms with Gasteiger partial charge in [0.1, 0.15) is 22.6 Å². The summed E-state index contributed by atoms with van der Waals surface area (Å²) in [6.07, 6.45) is 3.64. The summed E-state index contributed by atoms with van der Waals surface area (Å²) < 4.78 is 13.9. The van der Waals surface area contributed by atoms with Crippen molar-refractivity contribution in [2.75, 3.05) is 6.61 Å². The fraction of sp³-hybridized carbons (Fsp3) is 0.207. The van der Waals surface area contributed by atoms with Crippen molar-refractivity contribution in [2.45, 2.75) is 32.7 Å². The quantitative estimate of drug-likeness (QED) is 0.241. The minimum atomic E-state index is -0.695. The maximum atomic E-state index is 13.6. The van der Waals surface area contributed by atoms with Crippen molar-refractivity contribution in [2.24, 2.45) is 4.99 Å². The number of ether oxygens (including phenoxy) is 1. The molecule has 0 saturated heterocycles. The smallest absolute Gasteiger partial charge is 0.341 e. The molecular formula is C29H26N4O5. The predicted octanol–water partition coefficient (Wildman–Crippen LogP) is 4.09. The maximum absolute atomic E-state index is 13.6. The number of hydrogen-bond acceptors (Lipinski definition) is 6. The van der Waals surface area contributed by atoms with Gasteiger partial charge in [-0.05, 0) is 49.2 Å². The zero-order valence-electron chi connectivity index (χ0n) is 21.0. The Labute approximate surface area is 217 Å². The van der Waals surface area contributed by atoms with Crippen LogP contribution in [0.4, 0.5) is 0 Å². The Morgan fingerprint density at radius 1 is 1.05 bits per heavy atom. The van der Waals surface area contributed by atoms with Gasteiger partial charge in [-0.15, -0.1) is 0 Å². The number of rotatable bonds is 7. The van der Waals surface area contributed by atoms with E-state index in [9.17, 15) is 14.4 Å². The lowest BCUT2D eigenvalue weighted by atomic mass is 9.96. The summed E-state index contributed by atoms with van der Waals surface area (Å²) in [4.78, 5) is 49.5. The molecule has 0 unspecified atom stereocenters. The molecule has 0 aliphatic rings. The Kier molecular flexibility index (Phi) is 6.99. The number of pyridine rings is 2. The largest absolute Gasteiger partial charge is 0.467 e. The summed E-state index contributed by atoms with van der Waals surface area (Å²) in [6.45, 7) is 3.78. The SMILES string of the molecule is CCOC(=O)c1cc2c(=O)n3ccccc3nc2n(Cc2ccco2)c1=NC(=O)[C@H](CC)c1ccccc1. The molecule has 4 aromatic heterocycles. The van der Waals surface area contributed by atoms with Crippen LogP contribution in [0, 0.1) is 0 Å². The third-order valence-electron chi connectivity index (χ3n) is 6.30. The van der Waals surface area contributed by atoms with E-state index in [2.05, 4.69) is 4.99 Å². The average molecular weight is 511 g/mol. The fourth-order valence-electron chi connectivity index (χ4n) is 4.49. The molecule has 1 aromatic carbocycles. The highest BCUT2D eigenvalue weighted by Crippen LogP contribution is 2.21. The lowest BCUT2D eigenvalue weighted by Crippen LogP contribution is -2.33. The molecule has 9 nitrogen and oxygen atoms in total. The Morgan fingerprint density at radius 3 is 2.55 bits per heavy atom. The monoisotopic (exact) mass is 510 g/mol. The van der Waals surface area contributed by atoms with E-state index in [-0.39, 0.29) is 40.8 Å². The molecule has 0 aliphatic carbocycles. The van der Waals surface area contributed by atoms with E-state index >= 15 is 0 Å². The molecule has 9 heteroatoms. The number of carbonyl (C=O) groups excluding carboxylic acids is 2. The summed E-state index contributed by atoms with van der Waals surface area (Å²) in [7, 11) is 0. The molecule has 0 fully saturated rings. The van der Waals surface area contributed by atoms with Gasteiger partial charge in [-0.25, -0.2) is 9.78 Å². The Bertz CT molecular complexity index is 1750. The molecule has 0 spiro atoms. The van der Waals surface area contributed by atoms with Gasteiger partial charge in [0.05, 0.1) is 30.7 Å². The third-order valence-corrected chi connectivity index (χ3v) is 6.30. The van der Waals surface area contributed by atoms with Crippen LogP contribution < -0.4 is 11.0 Å². The van der Waals surface area contributed by atoms with Crippen molar-refractivity contribution >= 4 is 28.6 Å². The van der Waals surface area contributed by atoms with E-state index in [0.29, 0.717) is 17.8 Å². The van der Waals surface area contributed by atoms with Crippen LogP contribution in [0.15, 0.2) is 93.4 Å². The number of amides is 1. The van der Waals surface area contributed by atoms with Gasteiger partial charge >= 0.3 is 5.97 Å². The van der Waals surface area contributed by atoms with Crippen LogP contribution in [0.1, 0.15) is 47.9 Å². The van der Waals surface area contributed by atoms with Crippen LogP contribution in [0.25, 0.3) is 16.7 Å². The Hall–Kier alpha value is -4.79. The van der Waals surface area contributed by atoms with Crippen molar-refractivity contribution in [3.63, 3.8) is 0 Å². The molecule has 192 valence electrons. The first kappa shape index (κ1) is 24.9. The fourth-order valence-corrected chi connectivity index (χ4v) is 4.49. The van der Waals surface area contributed by atoms with E-state index in [1.807, 2.05) is 37.3 Å². The van der Waals surface area contributed by atoms with E-state index in [0.717, 1.165) is 5.56 Å². The number of fused-ring (bicyclic) bond motifs is 2. The second-order valence-corrected chi connectivity index (χ2v) is 8.67. The van der Waals surface area contributed by atoms with E-state index in [4.69, 9.17) is 14.1 Å². The van der Waals surface area contributed by atoms with Crippen LogP contribution in [0.3, 0.4) is 0 Å². The highest BCUT2D eigenvalue weighted by atomic mass is 16.5. The van der Waals surface area contributed by atoms with Gasteiger partial charge in [0.15, 0.2) is 5.49 Å². The number of furan rings is 1. The second-order valence-electron chi connectivity index (χ2n) is 8.67. The molecule has 1 amide bonds. The molecule has 1 atom stereocenters. The predicted molar refractivity (Wildman–Crippen MR) is 141 cm³/mol. The van der Waals surface area contributed by atoms with Gasteiger partial charge in [-0.1, -0.05) is 43.3 Å². The van der Waals surface area contributed by atoms with Crippen molar-refractivity contribution in [1.29, 1.82) is 0 Å². The average Bonchev–Trinajstić information content (AvgIpc) is 3.45. The van der Waals surface area contributed by atoms with Crippen molar-refractivity contribution < 1.29 is 18.7 Å². The van der Waals surface area contributed by atoms with E-state index < -0.39 is 17.8 Å². The first-order valence-electron chi connectivity index (χ1n) is 12.4. The molecule has 5 rings (SSSR count). The molecule has 0 N–H and O–H groups in total. The molecule has 0 radical (unpaired) electrons. The van der Waals surface area contributed by atoms with Crippen molar-refractivity contribution in [3.05, 3.63) is 112 Å². The zero-order chi connectivity index (χ0) is 26.6. The Balaban J connectivity index is 1.86. The molecule has 0 bridgehead atoms. The number of carbonyl (C=O) groups is 2. The number of aromatic nitrogens is 3. The molecule has 0 saturated carbocycles. The highest BCUT2D eigenvalue weighted by Gasteiger charge is 2.23. The van der Waals surface area contributed by atoms with Gasteiger partial charge in [0.2, 0.25) is 0 Å². The van der Waals surface area contributed by atoms with Gasteiger partial charge < -0.3 is 13.7 Å². The molecule has 38 heavy (non-hydrogen) atoms. The van der Waals surface area contributed by atoms with Gasteiger partial charge in [0.25, 0.3) is 11.5 Å². The van der Waals surface area contributed by atoms with E-state index in [1.165, 1.54) is 16.7 Å². The van der Waals surface area contributed by atoms with Crippen molar-refractivity contribution in [1.82, 2.24) is 14.0 Å². The first-order valence-corrected chi connectivity index (χ1v) is 12.4. The first-order chi connectivity index (χ1) is 18.5. The van der Waals surface area contributed by atoms with Crippen LogP contribution in [0.5, 0.6) is 0 Å². The highest BCUT2D eigenvalue weighted by molar-refractivity contribution is 5.94. The third kappa shape index (κ3) is 4.66. The molecular weight excluding hydrogens is 484 g/mol. The van der Waals surface area contributed by atoms with Gasteiger partial charge in [-0.2, -0.15) is 4.99 Å². The van der Waals surface area contributed by atoms with Crippen LogP contribution in [0.2, 0.25) is 0 Å². The summed E-state index contributed by atoms with van der Waals surface area (Å²) in [5.74, 6) is -1.10. The second kappa shape index (κ2) is 10.7. The summed E-state index contributed by atoms with van der Waals surface area (Å²) in [5.41, 5.74) is 1.19. The Morgan fingerprint density at radius 2 is 1.84 bits per heavy atom. The minimum absolute atomic E-state index is 0.00282.